The fraction of sp³-hybridized carbons (Fsp3) is 0.429. The van der Waals surface area contributed by atoms with Crippen molar-refractivity contribution in [2.75, 3.05) is 33.4 Å². The minimum atomic E-state index is 0.414. The molecule has 2 rings (SSSR count). The maximum atomic E-state index is 5.68. The first-order chi connectivity index (χ1) is 13.7. The maximum absolute atomic E-state index is 5.68. The summed E-state index contributed by atoms with van der Waals surface area (Å²) in [7, 11) is 1.65. The Morgan fingerprint density at radius 3 is 2.71 bits per heavy atom. The zero-order valence-electron chi connectivity index (χ0n) is 16.9. The molecule has 0 aliphatic rings. The van der Waals surface area contributed by atoms with Crippen LogP contribution in [0.3, 0.4) is 0 Å². The van der Waals surface area contributed by atoms with Crippen molar-refractivity contribution in [3.63, 3.8) is 0 Å². The molecule has 0 fully saturated rings. The summed E-state index contributed by atoms with van der Waals surface area (Å²) in [5, 5.41) is 7.13. The van der Waals surface area contributed by atoms with Gasteiger partial charge in [0.05, 0.1) is 13.2 Å². The molecule has 2 N–H and O–H groups in total. The molecule has 1 unspecified atom stereocenters. The van der Waals surface area contributed by atoms with Crippen LogP contribution in [0.25, 0.3) is 0 Å². The average molecular weight is 403 g/mol. The number of aromatic nitrogens is 1. The van der Waals surface area contributed by atoms with Gasteiger partial charge in [-0.25, -0.2) is 9.98 Å². The van der Waals surface area contributed by atoms with Crippen LogP contribution in [0.4, 0.5) is 0 Å². The Labute approximate surface area is 172 Å². The van der Waals surface area contributed by atoms with E-state index in [0.717, 1.165) is 24.6 Å². The van der Waals surface area contributed by atoms with Gasteiger partial charge in [0.2, 0.25) is 5.88 Å². The smallest absolute Gasteiger partial charge is 0.218 e. The predicted octanol–water partition coefficient (Wildman–Crippen LogP) is 3.34. The SMILES string of the molecule is CCNC(=NCc1cccnc1OCCOC)NCC(C)Sc1ccccc1. The highest BCUT2D eigenvalue weighted by atomic mass is 32.2. The number of nitrogens with zero attached hydrogens (tertiary/aromatic N) is 2. The Hall–Kier alpha value is -2.25. The highest BCUT2D eigenvalue weighted by Crippen LogP contribution is 2.22. The van der Waals surface area contributed by atoms with E-state index >= 15 is 0 Å². The fourth-order valence-corrected chi connectivity index (χ4v) is 3.36. The highest BCUT2D eigenvalue weighted by molar-refractivity contribution is 8.00. The number of hydrogen-bond acceptors (Lipinski definition) is 5. The lowest BCUT2D eigenvalue weighted by atomic mass is 10.3. The van der Waals surface area contributed by atoms with Crippen molar-refractivity contribution in [2.24, 2.45) is 4.99 Å². The number of thioether (sulfide) groups is 1. The van der Waals surface area contributed by atoms with E-state index in [4.69, 9.17) is 9.47 Å². The van der Waals surface area contributed by atoms with Crippen LogP contribution in [0, 0.1) is 0 Å². The van der Waals surface area contributed by atoms with Crippen molar-refractivity contribution >= 4 is 17.7 Å². The fourth-order valence-electron chi connectivity index (χ4n) is 2.42. The number of methoxy groups -OCH3 is 1. The molecule has 0 saturated heterocycles. The molecule has 0 bridgehead atoms. The monoisotopic (exact) mass is 402 g/mol. The molecule has 1 aromatic heterocycles. The first-order valence-corrected chi connectivity index (χ1v) is 10.4. The molecular formula is C21H30N4O2S. The Kier molecular flexibility index (Phi) is 10.2. The van der Waals surface area contributed by atoms with Gasteiger partial charge in [-0.3, -0.25) is 0 Å². The average Bonchev–Trinajstić information content (AvgIpc) is 2.72. The number of hydrogen-bond donors (Lipinski definition) is 2. The van der Waals surface area contributed by atoms with Gasteiger partial charge in [0, 0.05) is 42.1 Å². The quantitative estimate of drug-likeness (QED) is 0.260. The van der Waals surface area contributed by atoms with E-state index in [1.165, 1.54) is 4.90 Å². The van der Waals surface area contributed by atoms with Crippen LogP contribution in [0.2, 0.25) is 0 Å². The van der Waals surface area contributed by atoms with Crippen LogP contribution in [0.1, 0.15) is 19.4 Å². The number of guanidine groups is 1. The van der Waals surface area contributed by atoms with Crippen LogP contribution in [-0.4, -0.2) is 49.6 Å². The van der Waals surface area contributed by atoms with Crippen molar-refractivity contribution in [1.82, 2.24) is 15.6 Å². The van der Waals surface area contributed by atoms with Crippen molar-refractivity contribution in [3.8, 4) is 5.88 Å². The molecule has 0 radical (unpaired) electrons. The van der Waals surface area contributed by atoms with Crippen LogP contribution >= 0.6 is 11.8 Å². The lowest BCUT2D eigenvalue weighted by Crippen LogP contribution is -2.40. The van der Waals surface area contributed by atoms with Gasteiger partial charge in [-0.2, -0.15) is 0 Å². The summed E-state index contributed by atoms with van der Waals surface area (Å²) in [4.78, 5) is 10.3. The van der Waals surface area contributed by atoms with Gasteiger partial charge in [-0.05, 0) is 25.1 Å². The molecule has 28 heavy (non-hydrogen) atoms. The Bertz CT molecular complexity index is 713. The second-order valence-electron chi connectivity index (χ2n) is 6.13. The molecule has 1 aromatic carbocycles. The van der Waals surface area contributed by atoms with Gasteiger partial charge >= 0.3 is 0 Å². The summed E-state index contributed by atoms with van der Waals surface area (Å²) in [6.07, 6.45) is 1.72. The topological polar surface area (TPSA) is 67.8 Å². The third-order valence-corrected chi connectivity index (χ3v) is 4.88. The molecule has 6 nitrogen and oxygen atoms in total. The maximum Gasteiger partial charge on any atom is 0.218 e. The Morgan fingerprint density at radius 2 is 1.96 bits per heavy atom. The standard InChI is InChI=1S/C21H30N4O2S/c1-4-22-21(24-15-17(2)28-19-10-6-5-7-11-19)25-16-18-9-8-12-23-20(18)27-14-13-26-3/h5-12,17H,4,13-16H2,1-3H3,(H2,22,24,25). The number of pyridine rings is 1. The van der Waals surface area contributed by atoms with Gasteiger partial charge in [-0.15, -0.1) is 11.8 Å². The third kappa shape index (κ3) is 8.19. The van der Waals surface area contributed by atoms with Crippen LogP contribution in [-0.2, 0) is 11.3 Å². The molecule has 0 spiro atoms. The van der Waals surface area contributed by atoms with E-state index in [2.05, 4.69) is 58.7 Å². The minimum absolute atomic E-state index is 0.414. The zero-order chi connectivity index (χ0) is 20.0. The summed E-state index contributed by atoms with van der Waals surface area (Å²) >= 11 is 1.84. The molecule has 7 heteroatoms. The summed E-state index contributed by atoms with van der Waals surface area (Å²) in [6.45, 7) is 7.37. The Balaban J connectivity index is 1.91. The minimum Gasteiger partial charge on any atom is -0.475 e. The summed E-state index contributed by atoms with van der Waals surface area (Å²) in [6, 6.07) is 14.3. The lowest BCUT2D eigenvalue weighted by Gasteiger charge is -2.16. The van der Waals surface area contributed by atoms with Crippen molar-refractivity contribution in [1.29, 1.82) is 0 Å². The van der Waals surface area contributed by atoms with Gasteiger partial charge in [0.1, 0.15) is 6.61 Å². The molecule has 0 amide bonds. The first kappa shape index (κ1) is 22.0. The molecular weight excluding hydrogens is 372 g/mol. The van der Waals surface area contributed by atoms with Crippen LogP contribution < -0.4 is 15.4 Å². The molecule has 0 aliphatic heterocycles. The lowest BCUT2D eigenvalue weighted by molar-refractivity contribution is 0.143. The summed E-state index contributed by atoms with van der Waals surface area (Å²) < 4.78 is 10.7. The third-order valence-electron chi connectivity index (χ3n) is 3.77. The molecule has 152 valence electrons. The molecule has 0 aliphatic carbocycles. The van der Waals surface area contributed by atoms with Gasteiger partial charge in [0.25, 0.3) is 0 Å². The highest BCUT2D eigenvalue weighted by Gasteiger charge is 2.08. The van der Waals surface area contributed by atoms with Crippen LogP contribution in [0.5, 0.6) is 5.88 Å². The van der Waals surface area contributed by atoms with Crippen molar-refractivity contribution in [2.45, 2.75) is 30.5 Å². The molecule has 1 atom stereocenters. The molecule has 0 saturated carbocycles. The van der Waals surface area contributed by atoms with E-state index in [0.29, 0.717) is 30.9 Å². The second kappa shape index (κ2) is 13.0. The number of nitrogens with one attached hydrogen (secondary N) is 2. The first-order valence-electron chi connectivity index (χ1n) is 9.52. The van der Waals surface area contributed by atoms with Crippen molar-refractivity contribution in [3.05, 3.63) is 54.2 Å². The second-order valence-corrected chi connectivity index (χ2v) is 7.64. The van der Waals surface area contributed by atoms with Gasteiger partial charge in [0.15, 0.2) is 5.96 Å². The number of ether oxygens (including phenoxy) is 2. The summed E-state index contributed by atoms with van der Waals surface area (Å²) in [5.74, 6) is 1.39. The predicted molar refractivity (Wildman–Crippen MR) is 116 cm³/mol. The zero-order valence-corrected chi connectivity index (χ0v) is 17.7. The van der Waals surface area contributed by atoms with E-state index in [-0.39, 0.29) is 0 Å². The van der Waals surface area contributed by atoms with Gasteiger partial charge in [-0.1, -0.05) is 31.2 Å². The van der Waals surface area contributed by atoms with Crippen LogP contribution in [0.15, 0.2) is 58.5 Å². The largest absolute Gasteiger partial charge is 0.475 e. The van der Waals surface area contributed by atoms with E-state index in [9.17, 15) is 0 Å². The van der Waals surface area contributed by atoms with E-state index in [1.54, 1.807) is 13.3 Å². The van der Waals surface area contributed by atoms with Gasteiger partial charge < -0.3 is 20.1 Å². The summed E-state index contributed by atoms with van der Waals surface area (Å²) in [5.41, 5.74) is 0.947. The normalized spacial score (nSPS) is 12.5. The van der Waals surface area contributed by atoms with Crippen molar-refractivity contribution < 1.29 is 9.47 Å². The van der Waals surface area contributed by atoms with E-state index in [1.807, 2.05) is 30.0 Å². The Morgan fingerprint density at radius 1 is 1.14 bits per heavy atom. The van der Waals surface area contributed by atoms with E-state index < -0.39 is 0 Å². The number of benzene rings is 1. The molecule has 2 aromatic rings. The molecule has 1 heterocycles. The number of rotatable bonds is 11. The number of aliphatic imine (C=N–C) groups is 1.